The molecular weight excluding hydrogens is 433 g/mol. The van der Waals surface area contributed by atoms with Gasteiger partial charge in [-0.15, -0.1) is 0 Å². The zero-order valence-electron chi connectivity index (χ0n) is 18.6. The Morgan fingerprint density at radius 1 is 1.00 bits per heavy atom. The first kappa shape index (κ1) is 23.0. The highest BCUT2D eigenvalue weighted by atomic mass is 19.1. The van der Waals surface area contributed by atoms with Gasteiger partial charge >= 0.3 is 0 Å². The highest BCUT2D eigenvalue weighted by Gasteiger charge is 2.24. The number of nitrogens with one attached hydrogen (secondary N) is 3. The minimum atomic E-state index is -1.04. The molecule has 0 aliphatic carbocycles. The molecule has 4 rings (SSSR count). The number of carbonyl (C=O) groups is 2. The van der Waals surface area contributed by atoms with E-state index in [1.807, 2.05) is 0 Å². The molecule has 1 saturated heterocycles. The number of nitrogen functional groups attached to an aromatic ring is 1. The topological polar surface area (TPSA) is 111 Å². The molecule has 8 heteroatoms. The van der Waals surface area contributed by atoms with Crippen LogP contribution in [0.4, 0.5) is 21.5 Å². The molecule has 34 heavy (non-hydrogen) atoms. The van der Waals surface area contributed by atoms with Gasteiger partial charge in [-0.05, 0) is 55.3 Å². The molecule has 1 aliphatic heterocycles. The summed E-state index contributed by atoms with van der Waals surface area (Å²) in [7, 11) is 0. The summed E-state index contributed by atoms with van der Waals surface area (Å²) in [5.74, 6) is -0.987. The monoisotopic (exact) mass is 459 g/mol. The molecule has 1 aliphatic rings. The number of hydrogen-bond acceptors (Lipinski definition) is 4. The predicted octanol–water partition coefficient (Wildman–Crippen LogP) is 4.42. The van der Waals surface area contributed by atoms with Crippen LogP contribution in [0.1, 0.15) is 36.4 Å². The summed E-state index contributed by atoms with van der Waals surface area (Å²) in [5, 5.41) is 13.5. The Balaban J connectivity index is 1.56. The number of anilines is 3. The molecular formula is C26H26FN5O2. The van der Waals surface area contributed by atoms with E-state index in [1.54, 1.807) is 71.6 Å². The molecule has 7 nitrogen and oxygen atoms in total. The van der Waals surface area contributed by atoms with Crippen molar-refractivity contribution in [2.45, 2.75) is 25.3 Å². The highest BCUT2D eigenvalue weighted by molar-refractivity contribution is 5.99. The fraction of sp³-hybridized carbons (Fsp3) is 0.192. The van der Waals surface area contributed by atoms with Crippen LogP contribution >= 0.6 is 0 Å². The quantitative estimate of drug-likeness (QED) is 0.310. The Hall–Kier alpha value is -4.20. The first-order valence-electron chi connectivity index (χ1n) is 11.1. The second-order valence-corrected chi connectivity index (χ2v) is 8.13. The fourth-order valence-corrected chi connectivity index (χ4v) is 3.95. The number of nitrogens with zero attached hydrogens (tertiary/aromatic N) is 1. The Morgan fingerprint density at radius 3 is 2.47 bits per heavy atom. The third kappa shape index (κ3) is 5.23. The molecule has 0 spiro atoms. The minimum absolute atomic E-state index is 0.0969. The van der Waals surface area contributed by atoms with Gasteiger partial charge in [-0.1, -0.05) is 30.3 Å². The van der Waals surface area contributed by atoms with E-state index in [4.69, 9.17) is 11.1 Å². The number of amidine groups is 1. The van der Waals surface area contributed by atoms with E-state index in [9.17, 15) is 14.0 Å². The van der Waals surface area contributed by atoms with Crippen molar-refractivity contribution < 1.29 is 14.0 Å². The van der Waals surface area contributed by atoms with E-state index in [2.05, 4.69) is 10.6 Å². The molecule has 3 aromatic carbocycles. The molecule has 1 fully saturated rings. The van der Waals surface area contributed by atoms with Gasteiger partial charge in [0.2, 0.25) is 5.91 Å². The fourth-order valence-electron chi connectivity index (χ4n) is 3.95. The van der Waals surface area contributed by atoms with Gasteiger partial charge < -0.3 is 21.3 Å². The molecule has 1 atom stereocenters. The van der Waals surface area contributed by atoms with Crippen molar-refractivity contribution in [1.82, 2.24) is 0 Å². The van der Waals surface area contributed by atoms with E-state index in [0.29, 0.717) is 29.9 Å². The second-order valence-electron chi connectivity index (χ2n) is 8.13. The third-order valence-corrected chi connectivity index (χ3v) is 5.73. The van der Waals surface area contributed by atoms with Gasteiger partial charge in [0.05, 0.1) is 0 Å². The van der Waals surface area contributed by atoms with Crippen molar-refractivity contribution in [3.8, 4) is 0 Å². The van der Waals surface area contributed by atoms with Gasteiger partial charge in [0.15, 0.2) is 0 Å². The molecule has 0 aromatic heterocycles. The number of hydrogen-bond donors (Lipinski definition) is 4. The summed E-state index contributed by atoms with van der Waals surface area (Å²) in [6, 6.07) is 18.8. The highest BCUT2D eigenvalue weighted by Crippen LogP contribution is 2.26. The molecule has 2 amide bonds. The summed E-state index contributed by atoms with van der Waals surface area (Å²) >= 11 is 0. The molecule has 174 valence electrons. The van der Waals surface area contributed by atoms with E-state index in [-0.39, 0.29) is 17.3 Å². The summed E-state index contributed by atoms with van der Waals surface area (Å²) in [4.78, 5) is 27.2. The maximum atomic E-state index is 14.6. The Morgan fingerprint density at radius 2 is 1.76 bits per heavy atom. The van der Waals surface area contributed by atoms with E-state index in [1.165, 1.54) is 6.07 Å². The number of benzene rings is 3. The normalized spacial score (nSPS) is 14.4. The van der Waals surface area contributed by atoms with Crippen LogP contribution in [0.3, 0.4) is 0 Å². The van der Waals surface area contributed by atoms with Crippen LogP contribution in [0.25, 0.3) is 0 Å². The maximum absolute atomic E-state index is 14.6. The molecule has 1 unspecified atom stereocenters. The van der Waals surface area contributed by atoms with Gasteiger partial charge in [0.1, 0.15) is 17.7 Å². The lowest BCUT2D eigenvalue weighted by Gasteiger charge is -2.27. The standard InChI is InChI=1S/C26H26FN5O2/c27-22-9-2-1-8-21(22)24(30-19-7-5-6-17(16-19)25(28)29)26(34)31-18-11-13-20(14-12-18)32-15-4-3-10-23(32)33/h1-2,5-9,11-14,16,24,30H,3-4,10,15H2,(H3,28,29)(H,31,34). The number of halogens is 1. The van der Waals surface area contributed by atoms with Crippen molar-refractivity contribution in [3.05, 3.63) is 89.7 Å². The van der Waals surface area contributed by atoms with Crippen LogP contribution in [-0.2, 0) is 9.59 Å². The predicted molar refractivity (Wildman–Crippen MR) is 131 cm³/mol. The van der Waals surface area contributed by atoms with Crippen LogP contribution in [-0.4, -0.2) is 24.2 Å². The molecule has 1 heterocycles. The minimum Gasteiger partial charge on any atom is -0.384 e. The maximum Gasteiger partial charge on any atom is 0.251 e. The van der Waals surface area contributed by atoms with E-state index >= 15 is 0 Å². The van der Waals surface area contributed by atoms with Gasteiger partial charge in [-0.25, -0.2) is 4.39 Å². The number of amides is 2. The molecule has 0 radical (unpaired) electrons. The van der Waals surface area contributed by atoms with E-state index in [0.717, 1.165) is 18.5 Å². The lowest BCUT2D eigenvalue weighted by Crippen LogP contribution is -2.35. The Labute approximate surface area is 197 Å². The van der Waals surface area contributed by atoms with Crippen LogP contribution < -0.4 is 21.3 Å². The number of carbonyl (C=O) groups excluding carboxylic acids is 2. The average Bonchev–Trinajstić information content (AvgIpc) is 2.84. The van der Waals surface area contributed by atoms with Crippen LogP contribution in [0.2, 0.25) is 0 Å². The summed E-state index contributed by atoms with van der Waals surface area (Å²) in [6.45, 7) is 0.684. The first-order valence-corrected chi connectivity index (χ1v) is 11.1. The molecule has 3 aromatic rings. The van der Waals surface area contributed by atoms with Gasteiger partial charge in [0.25, 0.3) is 5.91 Å². The lowest BCUT2D eigenvalue weighted by molar-refractivity contribution is -0.119. The van der Waals surface area contributed by atoms with E-state index < -0.39 is 17.8 Å². The lowest BCUT2D eigenvalue weighted by atomic mass is 10.0. The van der Waals surface area contributed by atoms with Crippen molar-refractivity contribution in [1.29, 1.82) is 5.41 Å². The molecule has 0 saturated carbocycles. The summed E-state index contributed by atoms with van der Waals surface area (Å²) < 4.78 is 14.6. The summed E-state index contributed by atoms with van der Waals surface area (Å²) in [6.07, 6.45) is 2.41. The second kappa shape index (κ2) is 10.2. The third-order valence-electron chi connectivity index (χ3n) is 5.73. The van der Waals surface area contributed by atoms with Crippen molar-refractivity contribution in [2.75, 3.05) is 22.1 Å². The zero-order chi connectivity index (χ0) is 24.1. The van der Waals surface area contributed by atoms with Crippen LogP contribution in [0, 0.1) is 11.2 Å². The smallest absolute Gasteiger partial charge is 0.251 e. The number of piperidine rings is 1. The Kier molecular flexibility index (Phi) is 6.87. The van der Waals surface area contributed by atoms with Crippen molar-refractivity contribution in [2.24, 2.45) is 5.73 Å². The number of rotatable bonds is 7. The van der Waals surface area contributed by atoms with Crippen molar-refractivity contribution in [3.63, 3.8) is 0 Å². The summed E-state index contributed by atoms with van der Waals surface area (Å²) in [5.41, 5.74) is 8.08. The van der Waals surface area contributed by atoms with Crippen molar-refractivity contribution >= 4 is 34.7 Å². The van der Waals surface area contributed by atoms with Crippen LogP contribution in [0.15, 0.2) is 72.8 Å². The van der Waals surface area contributed by atoms with Gasteiger partial charge in [-0.2, -0.15) is 0 Å². The SMILES string of the molecule is N=C(N)c1cccc(NC(C(=O)Nc2ccc(N3CCCCC3=O)cc2)c2ccccc2F)c1. The van der Waals surface area contributed by atoms with Gasteiger partial charge in [0, 0.05) is 41.2 Å². The van der Waals surface area contributed by atoms with Crippen LogP contribution in [0.5, 0.6) is 0 Å². The Bertz CT molecular complexity index is 1210. The number of nitrogens with two attached hydrogens (primary N) is 1. The molecule has 0 bridgehead atoms. The largest absolute Gasteiger partial charge is 0.384 e. The first-order chi connectivity index (χ1) is 16.4. The van der Waals surface area contributed by atoms with Gasteiger partial charge in [-0.3, -0.25) is 15.0 Å². The zero-order valence-corrected chi connectivity index (χ0v) is 18.6. The molecule has 5 N–H and O–H groups in total. The average molecular weight is 460 g/mol.